The van der Waals surface area contributed by atoms with Crippen LogP contribution in [-0.2, 0) is 51.2 Å². The molecule has 25 nitrogen and oxygen atoms in total. The summed E-state index contributed by atoms with van der Waals surface area (Å²) in [4.78, 5) is 123. The van der Waals surface area contributed by atoms with Crippen LogP contribution in [-0.4, -0.2) is 131 Å². The third kappa shape index (κ3) is 21.8. The molecule has 0 aliphatic rings. The molecule has 0 aliphatic carbocycles. The van der Waals surface area contributed by atoms with E-state index in [-0.39, 0.29) is 75.9 Å². The molecule has 9 atom stereocenters. The summed E-state index contributed by atoms with van der Waals surface area (Å²) in [5.74, 6) is -6.77. The average Bonchev–Trinajstić information content (AvgIpc) is 3.82. The van der Waals surface area contributed by atoms with Crippen LogP contribution < -0.4 is 71.6 Å². The van der Waals surface area contributed by atoms with Gasteiger partial charge in [-0.1, -0.05) is 64.4 Å². The maximum Gasteiger partial charge on any atom is 0.243 e. The lowest BCUT2D eigenvalue weighted by Crippen LogP contribution is -2.60. The highest BCUT2D eigenvalue weighted by Crippen LogP contribution is 2.13. The quantitative estimate of drug-likeness (QED) is 0.0200. The predicted molar refractivity (Wildman–Crippen MR) is 263 cm³/mol. The second-order valence-electron chi connectivity index (χ2n) is 17.6. The van der Waals surface area contributed by atoms with Gasteiger partial charge in [-0.25, -0.2) is 4.98 Å². The number of hydrogen-bond donors (Lipinski definition) is 14. The zero-order chi connectivity index (χ0) is 52.5. The van der Waals surface area contributed by atoms with Crippen LogP contribution in [0.3, 0.4) is 0 Å². The SMILES string of the molecule is CC[C@H](C)[C@H](NC(=O)[C@H](CC(C)C)NC(=O)[C@H](CCCN=C(N)N)NC(=O)[C@H](CCCN=C(N)N)NC(=O)[C@H](C)NC(=O)[C@H](C)NC(=O)[C@@H](N)Cc1cnc[nH]1)C(=O)N[C@@H](Cc1ccccc1)C(N)=O. The summed E-state index contributed by atoms with van der Waals surface area (Å²) >= 11 is 0. The number of benzene rings is 1. The fourth-order valence-corrected chi connectivity index (χ4v) is 6.89. The number of aromatic amines is 1. The standard InChI is InChI=1S/C45H75N17O8/c1-7-25(4)35(43(70)60-33(36(47)63)20-28-13-9-8-10-14-28)62-42(69)34(19-24(2)3)61-41(68)32(16-12-18-54-45(50)51)59-40(67)31(15-11-17-53-44(48)49)58-38(65)27(6)56-37(64)26(5)57-39(66)30(46)21-29-22-52-23-55-29/h8-10,13-14,22-27,30-35H,7,11-12,15-21,46H2,1-6H3,(H2,47,63)(H,52,55)(H,56,64)(H,57,66)(H,58,65)(H,59,67)(H,60,70)(H,61,68)(H,62,69)(H4,48,49,53)(H4,50,51,54)/t25-,26-,27-,30-,31-,32-,33-,34-,35-/m0/s1. The molecule has 1 aromatic carbocycles. The van der Waals surface area contributed by atoms with E-state index in [1.807, 2.05) is 26.8 Å². The van der Waals surface area contributed by atoms with Gasteiger partial charge in [-0.05, 0) is 63.4 Å². The molecule has 0 aliphatic heterocycles. The van der Waals surface area contributed by atoms with Gasteiger partial charge in [0.2, 0.25) is 47.3 Å². The number of nitrogens with two attached hydrogens (primary N) is 6. The number of imidazole rings is 1. The number of aliphatic imine (C=N–C) groups is 2. The van der Waals surface area contributed by atoms with Crippen molar-refractivity contribution in [1.82, 2.24) is 47.2 Å². The second kappa shape index (κ2) is 30.2. The Morgan fingerprint density at radius 2 is 1.09 bits per heavy atom. The number of carbonyl (C=O) groups excluding carboxylic acids is 8. The molecular formula is C45H75N17O8. The number of carbonyl (C=O) groups is 8. The van der Waals surface area contributed by atoms with Crippen molar-refractivity contribution in [2.45, 2.75) is 141 Å². The number of primary amides is 1. The first kappa shape index (κ1) is 58.8. The lowest BCUT2D eigenvalue weighted by molar-refractivity contribution is -0.136. The summed E-state index contributed by atoms with van der Waals surface area (Å²) in [7, 11) is 0. The van der Waals surface area contributed by atoms with Crippen LogP contribution in [0.5, 0.6) is 0 Å². The summed E-state index contributed by atoms with van der Waals surface area (Å²) in [6.45, 7) is 10.2. The molecule has 1 aromatic heterocycles. The molecule has 0 bridgehead atoms. The molecule has 0 saturated carbocycles. The van der Waals surface area contributed by atoms with Crippen molar-refractivity contribution in [3.63, 3.8) is 0 Å². The third-order valence-corrected chi connectivity index (χ3v) is 11.1. The normalized spacial score (nSPS) is 14.9. The van der Waals surface area contributed by atoms with Crippen molar-refractivity contribution in [2.75, 3.05) is 13.1 Å². The number of guanidine groups is 2. The Labute approximate surface area is 408 Å². The van der Waals surface area contributed by atoms with Crippen molar-refractivity contribution < 1.29 is 38.4 Å². The minimum absolute atomic E-state index is 0.0303. The van der Waals surface area contributed by atoms with Crippen LogP contribution in [0.25, 0.3) is 0 Å². The zero-order valence-electron chi connectivity index (χ0n) is 41.0. The van der Waals surface area contributed by atoms with Gasteiger partial charge in [0.05, 0.1) is 12.4 Å². The number of H-pyrrole nitrogens is 1. The topological polar surface area (TPSA) is 430 Å². The predicted octanol–water partition coefficient (Wildman–Crippen LogP) is -3.36. The molecule has 1 heterocycles. The van der Waals surface area contributed by atoms with Gasteiger partial charge in [-0.2, -0.15) is 0 Å². The molecule has 2 aromatic rings. The van der Waals surface area contributed by atoms with Crippen molar-refractivity contribution in [1.29, 1.82) is 0 Å². The highest BCUT2D eigenvalue weighted by Gasteiger charge is 2.35. The molecule has 0 spiro atoms. The van der Waals surface area contributed by atoms with Gasteiger partial charge in [-0.3, -0.25) is 48.3 Å². The number of amides is 8. The van der Waals surface area contributed by atoms with Gasteiger partial charge < -0.3 is 76.6 Å². The Hall–Kier alpha value is -7.31. The Kier molecular flexibility index (Phi) is 25.4. The summed E-state index contributed by atoms with van der Waals surface area (Å²) in [6.07, 6.45) is 4.09. The van der Waals surface area contributed by atoms with Gasteiger partial charge in [0.1, 0.15) is 42.3 Å². The first-order valence-electron chi connectivity index (χ1n) is 23.3. The van der Waals surface area contributed by atoms with Crippen LogP contribution in [0, 0.1) is 11.8 Å². The minimum atomic E-state index is -1.31. The molecule has 25 heteroatoms. The van der Waals surface area contributed by atoms with Crippen molar-refractivity contribution in [2.24, 2.45) is 56.2 Å². The molecular weight excluding hydrogens is 907 g/mol. The summed E-state index contributed by atoms with van der Waals surface area (Å²) in [5.41, 5.74) is 35.1. The summed E-state index contributed by atoms with van der Waals surface area (Å²) < 4.78 is 0. The number of rotatable bonds is 31. The van der Waals surface area contributed by atoms with Gasteiger partial charge in [-0.15, -0.1) is 0 Å². The molecule has 2 rings (SSSR count). The summed E-state index contributed by atoms with van der Waals surface area (Å²) in [5, 5.41) is 18.5. The molecule has 0 saturated heterocycles. The van der Waals surface area contributed by atoms with E-state index in [9.17, 15) is 38.4 Å². The molecule has 0 radical (unpaired) electrons. The Balaban J connectivity index is 2.32. The largest absolute Gasteiger partial charge is 0.370 e. The van der Waals surface area contributed by atoms with E-state index < -0.39 is 102 Å². The van der Waals surface area contributed by atoms with Crippen molar-refractivity contribution in [3.05, 3.63) is 54.1 Å². The maximum atomic E-state index is 14.2. The first-order chi connectivity index (χ1) is 33.0. The fourth-order valence-electron chi connectivity index (χ4n) is 6.89. The fraction of sp³-hybridized carbons (Fsp3) is 0.578. The van der Waals surface area contributed by atoms with E-state index in [1.54, 1.807) is 31.2 Å². The molecule has 0 unspecified atom stereocenters. The van der Waals surface area contributed by atoms with E-state index >= 15 is 0 Å². The highest BCUT2D eigenvalue weighted by atomic mass is 16.2. The van der Waals surface area contributed by atoms with Crippen LogP contribution in [0.2, 0.25) is 0 Å². The molecule has 8 amide bonds. The number of hydrogen-bond acceptors (Lipinski definition) is 12. The van der Waals surface area contributed by atoms with Crippen LogP contribution in [0.4, 0.5) is 0 Å². The molecule has 0 fully saturated rings. The molecule has 388 valence electrons. The van der Waals surface area contributed by atoms with Crippen LogP contribution in [0.15, 0.2) is 52.8 Å². The van der Waals surface area contributed by atoms with E-state index in [1.165, 1.54) is 26.4 Å². The monoisotopic (exact) mass is 982 g/mol. The summed E-state index contributed by atoms with van der Waals surface area (Å²) in [6, 6.07) is -0.409. The van der Waals surface area contributed by atoms with Gasteiger partial charge in [0, 0.05) is 37.8 Å². The Morgan fingerprint density at radius 3 is 1.57 bits per heavy atom. The lowest BCUT2D eigenvalue weighted by Gasteiger charge is -2.29. The Bertz CT molecular complexity index is 2080. The van der Waals surface area contributed by atoms with Crippen molar-refractivity contribution >= 4 is 59.2 Å². The van der Waals surface area contributed by atoms with E-state index in [0.717, 1.165) is 5.56 Å². The van der Waals surface area contributed by atoms with Gasteiger partial charge >= 0.3 is 0 Å². The van der Waals surface area contributed by atoms with Crippen molar-refractivity contribution in [3.8, 4) is 0 Å². The van der Waals surface area contributed by atoms with Crippen LogP contribution >= 0.6 is 0 Å². The first-order valence-corrected chi connectivity index (χ1v) is 23.3. The second-order valence-corrected chi connectivity index (χ2v) is 17.6. The number of nitrogens with one attached hydrogen (secondary N) is 8. The van der Waals surface area contributed by atoms with E-state index in [4.69, 9.17) is 34.4 Å². The Morgan fingerprint density at radius 1 is 0.600 bits per heavy atom. The molecule has 70 heavy (non-hydrogen) atoms. The zero-order valence-corrected chi connectivity index (χ0v) is 41.0. The number of aromatic nitrogens is 2. The molecule has 20 N–H and O–H groups in total. The van der Waals surface area contributed by atoms with E-state index in [2.05, 4.69) is 57.2 Å². The average molecular weight is 982 g/mol. The number of nitrogens with zero attached hydrogens (tertiary/aromatic N) is 3. The third-order valence-electron chi connectivity index (χ3n) is 11.1. The maximum absolute atomic E-state index is 14.2. The minimum Gasteiger partial charge on any atom is -0.370 e. The van der Waals surface area contributed by atoms with Gasteiger partial charge in [0.15, 0.2) is 11.9 Å². The van der Waals surface area contributed by atoms with Crippen LogP contribution in [0.1, 0.15) is 91.3 Å². The highest BCUT2D eigenvalue weighted by molar-refractivity contribution is 5.97. The lowest BCUT2D eigenvalue weighted by atomic mass is 9.95. The smallest absolute Gasteiger partial charge is 0.243 e. The van der Waals surface area contributed by atoms with E-state index in [0.29, 0.717) is 12.1 Å². The van der Waals surface area contributed by atoms with Gasteiger partial charge in [0.25, 0.3) is 0 Å².